The van der Waals surface area contributed by atoms with Crippen LogP contribution in [-0.2, 0) is 14.3 Å². The van der Waals surface area contributed by atoms with Crippen molar-refractivity contribution in [2.45, 2.75) is 25.4 Å². The summed E-state index contributed by atoms with van der Waals surface area (Å²) in [5.41, 5.74) is 1.32. The highest BCUT2D eigenvalue weighted by Crippen LogP contribution is 2.14. The number of hydrogen-bond acceptors (Lipinski definition) is 4. The summed E-state index contributed by atoms with van der Waals surface area (Å²) in [5, 5.41) is 11.4. The second kappa shape index (κ2) is 9.72. The van der Waals surface area contributed by atoms with Crippen LogP contribution in [0.1, 0.15) is 35.2 Å². The summed E-state index contributed by atoms with van der Waals surface area (Å²) >= 11 is 0. The van der Waals surface area contributed by atoms with E-state index in [1.807, 2.05) is 0 Å². The topological polar surface area (TPSA) is 95.9 Å². The third kappa shape index (κ3) is 6.00. The first-order valence-electron chi connectivity index (χ1n) is 8.62. The van der Waals surface area contributed by atoms with E-state index in [2.05, 4.69) is 5.32 Å². The normalized spacial score (nSPS) is 16.6. The van der Waals surface area contributed by atoms with Gasteiger partial charge in [-0.1, -0.05) is 12.1 Å². The van der Waals surface area contributed by atoms with Crippen molar-refractivity contribution >= 4 is 23.9 Å². The predicted octanol–water partition coefficient (Wildman–Crippen LogP) is 1.54. The average molecular weight is 360 g/mol. The molecule has 2 amide bonds. The zero-order chi connectivity index (χ0) is 18.9. The van der Waals surface area contributed by atoms with Gasteiger partial charge in [0.2, 0.25) is 5.91 Å². The van der Waals surface area contributed by atoms with Crippen LogP contribution in [0.15, 0.2) is 30.3 Å². The maximum absolute atomic E-state index is 12.5. The molecule has 0 spiro atoms. The van der Waals surface area contributed by atoms with Gasteiger partial charge in [-0.05, 0) is 36.6 Å². The molecule has 0 bridgehead atoms. The minimum atomic E-state index is -0.941. The molecule has 0 saturated carbocycles. The molecule has 7 nitrogen and oxygen atoms in total. The van der Waals surface area contributed by atoms with Gasteiger partial charge in [0.1, 0.15) is 0 Å². The summed E-state index contributed by atoms with van der Waals surface area (Å²) in [6.45, 7) is 1.22. The fraction of sp³-hybridized carbons (Fsp3) is 0.421. The first-order valence-corrected chi connectivity index (χ1v) is 8.62. The van der Waals surface area contributed by atoms with Crippen LogP contribution in [0.5, 0.6) is 0 Å². The van der Waals surface area contributed by atoms with Gasteiger partial charge >= 0.3 is 5.97 Å². The maximum atomic E-state index is 12.5. The molecule has 1 aromatic carbocycles. The van der Waals surface area contributed by atoms with E-state index in [1.165, 1.54) is 11.0 Å². The fourth-order valence-corrected chi connectivity index (χ4v) is 2.72. The van der Waals surface area contributed by atoms with Gasteiger partial charge < -0.3 is 20.1 Å². The third-order valence-electron chi connectivity index (χ3n) is 4.17. The van der Waals surface area contributed by atoms with Crippen molar-refractivity contribution in [3.63, 3.8) is 0 Å². The van der Waals surface area contributed by atoms with Gasteiger partial charge in [0.25, 0.3) is 5.91 Å². The van der Waals surface area contributed by atoms with E-state index in [4.69, 9.17) is 9.84 Å². The second-order valence-corrected chi connectivity index (χ2v) is 6.10. The number of amides is 2. The van der Waals surface area contributed by atoms with Crippen LogP contribution in [0.2, 0.25) is 0 Å². The SMILES string of the molecule is CNC(=O)c1ccc(C=CC(=O)N(CCC(=O)O)CC2CCCO2)cc1. The average Bonchev–Trinajstić information content (AvgIpc) is 3.16. The molecule has 140 valence electrons. The summed E-state index contributed by atoms with van der Waals surface area (Å²) in [5.74, 6) is -1.37. The van der Waals surface area contributed by atoms with E-state index in [0.29, 0.717) is 18.7 Å². The molecular weight excluding hydrogens is 336 g/mol. The molecule has 1 aliphatic rings. The molecule has 1 fully saturated rings. The second-order valence-electron chi connectivity index (χ2n) is 6.10. The molecule has 1 aromatic rings. The van der Waals surface area contributed by atoms with Gasteiger partial charge in [-0.25, -0.2) is 0 Å². The molecule has 0 radical (unpaired) electrons. The molecule has 1 aliphatic heterocycles. The summed E-state index contributed by atoms with van der Waals surface area (Å²) in [6.07, 6.45) is 4.77. The Morgan fingerprint density at radius 1 is 1.31 bits per heavy atom. The van der Waals surface area contributed by atoms with E-state index in [0.717, 1.165) is 18.4 Å². The molecule has 26 heavy (non-hydrogen) atoms. The molecular formula is C19H24N2O5. The quantitative estimate of drug-likeness (QED) is 0.686. The summed E-state index contributed by atoms with van der Waals surface area (Å²) in [7, 11) is 1.56. The Morgan fingerprint density at radius 3 is 2.62 bits per heavy atom. The smallest absolute Gasteiger partial charge is 0.305 e. The predicted molar refractivity (Wildman–Crippen MR) is 96.7 cm³/mol. The first kappa shape index (κ1) is 19.7. The number of hydrogen-bond donors (Lipinski definition) is 2. The van der Waals surface area contributed by atoms with E-state index in [9.17, 15) is 14.4 Å². The lowest BCUT2D eigenvalue weighted by atomic mass is 10.1. The van der Waals surface area contributed by atoms with E-state index >= 15 is 0 Å². The highest BCUT2D eigenvalue weighted by atomic mass is 16.5. The van der Waals surface area contributed by atoms with Gasteiger partial charge in [0.05, 0.1) is 12.5 Å². The van der Waals surface area contributed by atoms with E-state index in [1.54, 1.807) is 37.4 Å². The largest absolute Gasteiger partial charge is 0.481 e. The molecule has 2 rings (SSSR count). The summed E-state index contributed by atoms with van der Waals surface area (Å²) in [4.78, 5) is 36.3. The minimum Gasteiger partial charge on any atom is -0.481 e. The highest BCUT2D eigenvalue weighted by Gasteiger charge is 2.21. The molecule has 0 aromatic heterocycles. The number of carboxylic acids is 1. The maximum Gasteiger partial charge on any atom is 0.305 e. The molecule has 0 aliphatic carbocycles. The van der Waals surface area contributed by atoms with Crippen molar-refractivity contribution in [2.24, 2.45) is 0 Å². The van der Waals surface area contributed by atoms with Crippen LogP contribution in [0.3, 0.4) is 0 Å². The van der Waals surface area contributed by atoms with Gasteiger partial charge in [-0.3, -0.25) is 14.4 Å². The number of carbonyl (C=O) groups excluding carboxylic acids is 2. The van der Waals surface area contributed by atoms with Crippen LogP contribution in [0.4, 0.5) is 0 Å². The molecule has 1 atom stereocenters. The van der Waals surface area contributed by atoms with Crippen LogP contribution in [0.25, 0.3) is 6.08 Å². The Labute approximate surface area is 152 Å². The van der Waals surface area contributed by atoms with E-state index in [-0.39, 0.29) is 30.9 Å². The zero-order valence-corrected chi connectivity index (χ0v) is 14.8. The summed E-state index contributed by atoms with van der Waals surface area (Å²) in [6, 6.07) is 6.85. The van der Waals surface area contributed by atoms with Gasteiger partial charge in [-0.2, -0.15) is 0 Å². The Hall–Kier alpha value is -2.67. The van der Waals surface area contributed by atoms with Crippen molar-refractivity contribution in [3.8, 4) is 0 Å². The van der Waals surface area contributed by atoms with Crippen LogP contribution in [0, 0.1) is 0 Å². The van der Waals surface area contributed by atoms with Crippen LogP contribution in [-0.4, -0.2) is 60.6 Å². The highest BCUT2D eigenvalue weighted by molar-refractivity contribution is 5.95. The molecule has 7 heteroatoms. The third-order valence-corrected chi connectivity index (χ3v) is 4.17. The van der Waals surface area contributed by atoms with Gasteiger partial charge in [0.15, 0.2) is 0 Å². The fourth-order valence-electron chi connectivity index (χ4n) is 2.72. The van der Waals surface area contributed by atoms with Gasteiger partial charge in [0, 0.05) is 38.4 Å². The summed E-state index contributed by atoms with van der Waals surface area (Å²) < 4.78 is 5.55. The molecule has 1 saturated heterocycles. The monoisotopic (exact) mass is 360 g/mol. The Balaban J connectivity index is 2.00. The van der Waals surface area contributed by atoms with Crippen molar-refractivity contribution in [3.05, 3.63) is 41.5 Å². The van der Waals surface area contributed by atoms with Crippen molar-refractivity contribution in [1.29, 1.82) is 0 Å². The molecule has 1 heterocycles. The minimum absolute atomic E-state index is 0.0343. The standard InChI is InChI=1S/C19H24N2O5/c1-20-19(25)15-7-4-14(5-8-15)6-9-17(22)21(11-10-18(23)24)13-16-3-2-12-26-16/h4-9,16H,2-3,10-13H2,1H3,(H,20,25)(H,23,24). The van der Waals surface area contributed by atoms with Crippen LogP contribution < -0.4 is 5.32 Å². The lowest BCUT2D eigenvalue weighted by Crippen LogP contribution is -2.37. The lowest BCUT2D eigenvalue weighted by molar-refractivity contribution is -0.138. The number of ether oxygens (including phenoxy) is 1. The van der Waals surface area contributed by atoms with E-state index < -0.39 is 5.97 Å². The number of nitrogens with one attached hydrogen (secondary N) is 1. The Kier molecular flexibility index (Phi) is 7.35. The molecule has 2 N–H and O–H groups in total. The zero-order valence-electron chi connectivity index (χ0n) is 14.8. The number of nitrogens with zero attached hydrogens (tertiary/aromatic N) is 1. The number of benzene rings is 1. The molecule has 1 unspecified atom stereocenters. The number of carboxylic acid groups (broad SMARTS) is 1. The van der Waals surface area contributed by atoms with Gasteiger partial charge in [-0.15, -0.1) is 0 Å². The van der Waals surface area contributed by atoms with Crippen molar-refractivity contribution in [2.75, 3.05) is 26.7 Å². The van der Waals surface area contributed by atoms with Crippen LogP contribution >= 0.6 is 0 Å². The first-order chi connectivity index (χ1) is 12.5. The van der Waals surface area contributed by atoms with Crippen molar-refractivity contribution < 1.29 is 24.2 Å². The Bertz CT molecular complexity index is 663. The Morgan fingerprint density at radius 2 is 2.04 bits per heavy atom. The number of rotatable bonds is 8. The number of aliphatic carboxylic acids is 1. The lowest BCUT2D eigenvalue weighted by Gasteiger charge is -2.23. The van der Waals surface area contributed by atoms with Crippen molar-refractivity contribution in [1.82, 2.24) is 10.2 Å². The number of carbonyl (C=O) groups is 3.